The van der Waals surface area contributed by atoms with E-state index in [1.165, 1.54) is 64.2 Å². The average Bonchev–Trinajstić information content (AvgIpc) is 2.50. The number of esters is 1. The first-order valence-electron chi connectivity index (χ1n) is 9.70. The third-order valence-corrected chi connectivity index (χ3v) is 4.81. The maximum Gasteiger partial charge on any atom is 0.305 e. The molecule has 0 spiro atoms. The van der Waals surface area contributed by atoms with Crippen LogP contribution in [0.25, 0.3) is 0 Å². The molecule has 0 saturated heterocycles. The van der Waals surface area contributed by atoms with Gasteiger partial charge in [-0.15, -0.1) is 0 Å². The van der Waals surface area contributed by atoms with Crippen LogP contribution in [0, 0.1) is 11.8 Å². The molecule has 0 heterocycles. The van der Waals surface area contributed by atoms with Crippen LogP contribution in [0.1, 0.15) is 105 Å². The van der Waals surface area contributed by atoms with Crippen molar-refractivity contribution >= 4 is 5.97 Å². The second-order valence-corrected chi connectivity index (χ2v) is 7.12. The zero-order valence-corrected chi connectivity index (χ0v) is 15.8. The normalized spacial score (nSPS) is 15.3. The van der Waals surface area contributed by atoms with Gasteiger partial charge in [0, 0.05) is 6.42 Å². The number of carbonyl (C=O) groups is 1. The Bertz CT molecular complexity index is 262. The van der Waals surface area contributed by atoms with Crippen molar-refractivity contribution in [3.05, 3.63) is 0 Å². The lowest BCUT2D eigenvalue weighted by molar-refractivity contribution is -0.150. The summed E-state index contributed by atoms with van der Waals surface area (Å²) in [6.45, 7) is 10.7. The summed E-state index contributed by atoms with van der Waals surface area (Å²) in [4.78, 5) is 11.3. The summed E-state index contributed by atoms with van der Waals surface area (Å²) in [7, 11) is 0. The molecule has 0 unspecified atom stereocenters. The Kier molecular flexibility index (Phi) is 13.7. The van der Waals surface area contributed by atoms with Crippen molar-refractivity contribution in [1.29, 1.82) is 0 Å². The molecule has 0 aromatic carbocycles. The van der Waals surface area contributed by atoms with E-state index in [0.717, 1.165) is 5.92 Å². The van der Waals surface area contributed by atoms with E-state index in [-0.39, 0.29) is 12.1 Å². The number of hydrogen-bond acceptors (Lipinski definition) is 2. The monoisotopic (exact) mass is 312 g/mol. The van der Waals surface area contributed by atoms with Gasteiger partial charge in [0.2, 0.25) is 0 Å². The summed E-state index contributed by atoms with van der Waals surface area (Å²) in [6, 6.07) is 0. The summed E-state index contributed by atoms with van der Waals surface area (Å²) in [5, 5.41) is 0. The summed E-state index contributed by atoms with van der Waals surface area (Å²) in [5.74, 6) is 1.24. The van der Waals surface area contributed by atoms with Gasteiger partial charge in [-0.3, -0.25) is 4.79 Å². The molecule has 2 heteroatoms. The summed E-state index contributed by atoms with van der Waals surface area (Å²) in [5.41, 5.74) is 0. The molecule has 0 aromatic rings. The van der Waals surface area contributed by atoms with Crippen LogP contribution in [0.15, 0.2) is 0 Å². The van der Waals surface area contributed by atoms with E-state index in [0.29, 0.717) is 12.3 Å². The quantitative estimate of drug-likeness (QED) is 0.269. The zero-order valence-electron chi connectivity index (χ0n) is 15.8. The maximum absolute atomic E-state index is 11.3. The van der Waals surface area contributed by atoms with Crippen LogP contribution in [-0.4, -0.2) is 12.1 Å². The summed E-state index contributed by atoms with van der Waals surface area (Å²) in [6.07, 6.45) is 14.0. The molecule has 0 aliphatic heterocycles. The minimum Gasteiger partial charge on any atom is -0.462 e. The van der Waals surface area contributed by atoms with Gasteiger partial charge in [-0.25, -0.2) is 0 Å². The Morgan fingerprint density at radius 3 is 2.05 bits per heavy atom. The van der Waals surface area contributed by atoms with Crippen molar-refractivity contribution in [3.63, 3.8) is 0 Å². The molecule has 0 aliphatic rings. The Labute approximate surface area is 139 Å². The van der Waals surface area contributed by atoms with E-state index in [1.54, 1.807) is 0 Å². The SMILES string of the molecule is CCCCCCCC[C@@H](C)CCC[C@@H](C)[C@H](C)OC(=O)CC. The Balaban J connectivity index is 3.57. The molecule has 0 radical (unpaired) electrons. The van der Waals surface area contributed by atoms with Crippen LogP contribution in [0.3, 0.4) is 0 Å². The average molecular weight is 313 g/mol. The van der Waals surface area contributed by atoms with E-state index in [1.807, 2.05) is 13.8 Å². The highest BCUT2D eigenvalue weighted by Gasteiger charge is 2.16. The van der Waals surface area contributed by atoms with Gasteiger partial charge in [0.25, 0.3) is 0 Å². The Hall–Kier alpha value is -0.530. The van der Waals surface area contributed by atoms with Crippen LogP contribution in [0.2, 0.25) is 0 Å². The van der Waals surface area contributed by atoms with Crippen molar-refractivity contribution in [2.75, 3.05) is 0 Å². The van der Waals surface area contributed by atoms with Crippen LogP contribution in [0.4, 0.5) is 0 Å². The molecule has 0 N–H and O–H groups in total. The molecule has 0 aliphatic carbocycles. The largest absolute Gasteiger partial charge is 0.462 e. The molecular formula is C20H40O2. The van der Waals surface area contributed by atoms with Crippen molar-refractivity contribution in [2.24, 2.45) is 11.8 Å². The molecule has 0 bridgehead atoms. The lowest BCUT2D eigenvalue weighted by Gasteiger charge is -2.21. The molecule has 0 saturated carbocycles. The molecule has 132 valence electrons. The van der Waals surface area contributed by atoms with Gasteiger partial charge in [0.1, 0.15) is 6.10 Å². The van der Waals surface area contributed by atoms with Gasteiger partial charge in [0.15, 0.2) is 0 Å². The van der Waals surface area contributed by atoms with E-state index in [2.05, 4.69) is 20.8 Å². The smallest absolute Gasteiger partial charge is 0.305 e. The summed E-state index contributed by atoms with van der Waals surface area (Å²) >= 11 is 0. The molecule has 0 aromatic heterocycles. The van der Waals surface area contributed by atoms with Gasteiger partial charge >= 0.3 is 5.97 Å². The number of ether oxygens (including phenoxy) is 1. The van der Waals surface area contributed by atoms with E-state index in [4.69, 9.17) is 4.74 Å². The molecule has 22 heavy (non-hydrogen) atoms. The molecule has 3 atom stereocenters. The van der Waals surface area contributed by atoms with Crippen LogP contribution >= 0.6 is 0 Å². The lowest BCUT2D eigenvalue weighted by Crippen LogP contribution is -2.21. The van der Waals surface area contributed by atoms with Crippen molar-refractivity contribution in [3.8, 4) is 0 Å². The van der Waals surface area contributed by atoms with Gasteiger partial charge in [-0.2, -0.15) is 0 Å². The molecular weight excluding hydrogens is 272 g/mol. The topological polar surface area (TPSA) is 26.3 Å². The third kappa shape index (κ3) is 12.1. The fraction of sp³-hybridized carbons (Fsp3) is 0.950. The highest BCUT2D eigenvalue weighted by atomic mass is 16.5. The number of unbranched alkanes of at least 4 members (excludes halogenated alkanes) is 5. The molecule has 0 amide bonds. The number of rotatable bonds is 14. The van der Waals surface area contributed by atoms with Gasteiger partial charge in [0.05, 0.1) is 0 Å². The van der Waals surface area contributed by atoms with E-state index in [9.17, 15) is 4.79 Å². The summed E-state index contributed by atoms with van der Waals surface area (Å²) < 4.78 is 5.39. The predicted molar refractivity (Wildman–Crippen MR) is 96.0 cm³/mol. The Morgan fingerprint density at radius 1 is 0.818 bits per heavy atom. The first-order chi connectivity index (χ1) is 10.5. The fourth-order valence-electron chi connectivity index (χ4n) is 2.85. The van der Waals surface area contributed by atoms with Crippen molar-refractivity contribution in [1.82, 2.24) is 0 Å². The second-order valence-electron chi connectivity index (χ2n) is 7.12. The molecule has 2 nitrogen and oxygen atoms in total. The number of hydrogen-bond donors (Lipinski definition) is 0. The van der Waals surface area contributed by atoms with Gasteiger partial charge in [-0.1, -0.05) is 85.5 Å². The van der Waals surface area contributed by atoms with Gasteiger partial charge < -0.3 is 4.74 Å². The fourth-order valence-corrected chi connectivity index (χ4v) is 2.85. The van der Waals surface area contributed by atoms with Crippen LogP contribution in [0.5, 0.6) is 0 Å². The molecule has 0 fully saturated rings. The number of carbonyl (C=O) groups excluding carboxylic acids is 1. The third-order valence-electron chi connectivity index (χ3n) is 4.81. The first kappa shape index (κ1) is 21.5. The highest BCUT2D eigenvalue weighted by molar-refractivity contribution is 5.69. The van der Waals surface area contributed by atoms with Crippen LogP contribution < -0.4 is 0 Å². The van der Waals surface area contributed by atoms with Gasteiger partial charge in [-0.05, 0) is 25.2 Å². The minimum absolute atomic E-state index is 0.0568. The lowest BCUT2D eigenvalue weighted by atomic mass is 9.92. The Morgan fingerprint density at radius 2 is 1.41 bits per heavy atom. The minimum atomic E-state index is -0.0733. The predicted octanol–water partition coefficient (Wildman–Crippen LogP) is 6.52. The van der Waals surface area contributed by atoms with E-state index >= 15 is 0 Å². The standard InChI is InChI=1S/C20H40O2/c1-6-8-9-10-11-12-14-17(3)15-13-16-18(4)19(5)22-20(21)7-2/h17-19H,6-16H2,1-5H3/t17-,18-,19+/m1/s1. The highest BCUT2D eigenvalue weighted by Crippen LogP contribution is 2.21. The zero-order chi connectivity index (χ0) is 16.8. The van der Waals surface area contributed by atoms with Crippen molar-refractivity contribution in [2.45, 2.75) is 111 Å². The molecule has 0 rings (SSSR count). The first-order valence-corrected chi connectivity index (χ1v) is 9.70. The maximum atomic E-state index is 11.3. The van der Waals surface area contributed by atoms with Crippen molar-refractivity contribution < 1.29 is 9.53 Å². The van der Waals surface area contributed by atoms with E-state index < -0.39 is 0 Å². The van der Waals surface area contributed by atoms with Crippen LogP contribution in [-0.2, 0) is 9.53 Å². The second kappa shape index (κ2) is 14.1.